The average molecular weight is 887 g/mol. The normalized spacial score (nSPS) is 14.9. The van der Waals surface area contributed by atoms with E-state index < -0.39 is 38.0 Å². The molecule has 4 rings (SSSR count). The quantitative estimate of drug-likeness (QED) is 0.0275. The molecule has 0 fully saturated rings. The van der Waals surface area contributed by atoms with E-state index in [1.54, 1.807) is 41.8 Å². The molecule has 4 atom stereocenters. The van der Waals surface area contributed by atoms with Crippen LogP contribution in [0.4, 0.5) is 5.82 Å². The van der Waals surface area contributed by atoms with Crippen molar-refractivity contribution < 1.29 is 42.2 Å². The Bertz CT molecular complexity index is 1990. The van der Waals surface area contributed by atoms with Gasteiger partial charge in [0.05, 0.1) is 42.6 Å². The molecule has 4 aromatic rings. The number of phosphoric acid groups is 1. The second kappa shape index (κ2) is 25.3. The highest BCUT2D eigenvalue weighted by Gasteiger charge is 2.43. The van der Waals surface area contributed by atoms with Gasteiger partial charge in [-0.25, -0.2) is 19.0 Å². The van der Waals surface area contributed by atoms with E-state index in [-0.39, 0.29) is 36.3 Å². The summed E-state index contributed by atoms with van der Waals surface area (Å²) in [4.78, 5) is 8.31. The highest BCUT2D eigenvalue weighted by Crippen LogP contribution is 2.52. The van der Waals surface area contributed by atoms with Gasteiger partial charge in [0.1, 0.15) is 29.3 Å². The summed E-state index contributed by atoms with van der Waals surface area (Å²) in [5, 5.41) is 24.8. The molecule has 336 valence electrons. The van der Waals surface area contributed by atoms with Crippen molar-refractivity contribution in [3.05, 3.63) is 77.3 Å². The Morgan fingerprint density at radius 3 is 2.28 bits per heavy atom. The number of nitriles is 1. The molecule has 1 unspecified atom stereocenters. The van der Waals surface area contributed by atoms with Gasteiger partial charge < -0.3 is 34.3 Å². The Labute approximate surface area is 365 Å². The Kier molecular flexibility index (Phi) is 20.7. The Hall–Kier alpha value is -3.84. The number of unbranched alkanes of at least 4 members (excludes halogenated alkanes) is 11. The molecule has 1 aromatic carbocycles. The predicted molar refractivity (Wildman–Crippen MR) is 235 cm³/mol. The number of pyridine rings is 1. The molecule has 17 heteroatoms. The summed E-state index contributed by atoms with van der Waals surface area (Å²) in [5.74, 6) is -1.11. The number of nitrogens with zero attached hydrogens (tertiary/aromatic N) is 5. The molecule has 0 spiro atoms. The van der Waals surface area contributed by atoms with Crippen molar-refractivity contribution in [3.63, 3.8) is 0 Å². The van der Waals surface area contributed by atoms with Crippen molar-refractivity contribution in [2.45, 2.75) is 135 Å². The molecule has 61 heavy (non-hydrogen) atoms. The lowest BCUT2D eigenvalue weighted by Gasteiger charge is -2.39. The van der Waals surface area contributed by atoms with Crippen LogP contribution in [0.25, 0.3) is 5.52 Å². The van der Waals surface area contributed by atoms with Crippen LogP contribution in [0, 0.1) is 11.3 Å². The van der Waals surface area contributed by atoms with Gasteiger partial charge >= 0.3 is 7.82 Å². The van der Waals surface area contributed by atoms with E-state index in [4.69, 9.17) is 49.9 Å². The van der Waals surface area contributed by atoms with Crippen molar-refractivity contribution in [2.75, 3.05) is 39.3 Å². The fourth-order valence-electron chi connectivity index (χ4n) is 6.57. The number of ether oxygens (including phenoxy) is 4. The maximum absolute atomic E-state index is 14.7. The average Bonchev–Trinajstić information content (AvgIpc) is 3.66. The second-order valence-corrected chi connectivity index (χ2v) is 17.8. The zero-order valence-electron chi connectivity index (χ0n) is 36.3. The number of phosphoric ester groups is 1. The second-order valence-electron chi connectivity index (χ2n) is 15.8. The summed E-state index contributed by atoms with van der Waals surface area (Å²) in [6.45, 7) is 6.71. The first-order valence-corrected chi connectivity index (χ1v) is 23.1. The largest absolute Gasteiger partial charge is 0.530 e. The lowest BCUT2D eigenvalue weighted by molar-refractivity contribution is -0.252. The minimum Gasteiger partial charge on any atom is -0.469 e. The minimum atomic E-state index is -4.57. The zero-order chi connectivity index (χ0) is 44.1. The fourth-order valence-corrected chi connectivity index (χ4v) is 8.14. The van der Waals surface area contributed by atoms with Crippen molar-refractivity contribution in [1.82, 2.24) is 19.6 Å². The molecule has 3 heterocycles. The van der Waals surface area contributed by atoms with Gasteiger partial charge in [-0.3, -0.25) is 9.05 Å². The zero-order valence-corrected chi connectivity index (χ0v) is 38.0. The number of aromatic nitrogens is 4. The van der Waals surface area contributed by atoms with E-state index in [2.05, 4.69) is 28.1 Å². The molecule has 3 N–H and O–H groups in total. The van der Waals surface area contributed by atoms with Crippen LogP contribution in [0.15, 0.2) is 61.1 Å². The number of para-hydroxylation sites is 1. The number of rotatable bonds is 31. The van der Waals surface area contributed by atoms with Gasteiger partial charge in [-0.15, -0.1) is 0 Å². The fraction of sp³-hybridized carbons (Fsp3) is 0.591. The van der Waals surface area contributed by atoms with Crippen molar-refractivity contribution in [1.29, 1.82) is 5.26 Å². The first-order valence-electron chi connectivity index (χ1n) is 21.2. The highest BCUT2D eigenvalue weighted by atomic mass is 35.5. The summed E-state index contributed by atoms with van der Waals surface area (Å²) in [5.41, 5.74) is 6.32. The molecule has 0 aliphatic rings. The van der Waals surface area contributed by atoms with Crippen molar-refractivity contribution in [2.24, 2.45) is 0 Å². The maximum atomic E-state index is 14.7. The number of hydrogen-bond acceptors (Lipinski definition) is 14. The number of methoxy groups -OCH3 is 1. The third kappa shape index (κ3) is 17.1. The summed E-state index contributed by atoms with van der Waals surface area (Å²) in [7, 11) is -3.12. The van der Waals surface area contributed by atoms with Gasteiger partial charge in [0.25, 0.3) is 0 Å². The van der Waals surface area contributed by atoms with Crippen LogP contribution in [-0.2, 0) is 34.2 Å². The van der Waals surface area contributed by atoms with Crippen molar-refractivity contribution >= 4 is 30.8 Å². The minimum absolute atomic E-state index is 0.0527. The molecule has 0 aliphatic carbocycles. The first kappa shape index (κ1) is 49.8. The van der Waals surface area contributed by atoms with E-state index in [9.17, 15) is 14.9 Å². The number of nitrogen functional groups attached to an aromatic ring is 1. The molecule has 0 aliphatic heterocycles. The summed E-state index contributed by atoms with van der Waals surface area (Å²) >= 11 is 6.45. The Morgan fingerprint density at radius 2 is 1.62 bits per heavy atom. The van der Waals surface area contributed by atoms with Gasteiger partial charge in [0.2, 0.25) is 5.88 Å². The van der Waals surface area contributed by atoms with Crippen LogP contribution < -0.4 is 15.0 Å². The third-order valence-electron chi connectivity index (χ3n) is 10.1. The van der Waals surface area contributed by atoms with E-state index in [1.165, 1.54) is 103 Å². The standard InChI is InChI=1S/C44H64ClN6O9P/c1-6-7-8-9-10-11-12-13-14-15-16-19-26-55-30-36(58-41-27-34(29-46)24-25-48-41)31-56-61(53,60-39-21-18-17-20-37(39)45)57-32-44(4,54-5)40(59-43(2,3)52)28-35-22-23-38-42(47)49-33-50-51(35)38/h17-18,20-25,27,33,36,40,52H,6-16,19,26,28,30-32H2,1-5H3,(H2,47,49,50)/t36-,40+,44-,61?/m1/s1. The van der Waals surface area contributed by atoms with Crippen molar-refractivity contribution in [3.8, 4) is 17.7 Å². The summed E-state index contributed by atoms with van der Waals surface area (Å²) in [6, 6.07) is 15.2. The number of halogens is 1. The molecular weight excluding hydrogens is 823 g/mol. The first-order chi connectivity index (χ1) is 29.3. The van der Waals surface area contributed by atoms with E-state index in [0.29, 0.717) is 29.2 Å². The summed E-state index contributed by atoms with van der Waals surface area (Å²) < 4.78 is 58.7. The van der Waals surface area contributed by atoms with E-state index in [0.717, 1.165) is 19.3 Å². The van der Waals surface area contributed by atoms with Crippen LogP contribution in [0.1, 0.15) is 116 Å². The van der Waals surface area contributed by atoms with E-state index in [1.807, 2.05) is 6.07 Å². The van der Waals surface area contributed by atoms with E-state index >= 15 is 0 Å². The topological polar surface area (TPSA) is 195 Å². The number of hydrogen-bond donors (Lipinski definition) is 2. The van der Waals surface area contributed by atoms with Gasteiger partial charge in [-0.1, -0.05) is 101 Å². The highest BCUT2D eigenvalue weighted by molar-refractivity contribution is 7.49. The summed E-state index contributed by atoms with van der Waals surface area (Å²) in [6.07, 6.45) is 15.9. The van der Waals surface area contributed by atoms with Crippen LogP contribution in [0.3, 0.4) is 0 Å². The molecule has 0 radical (unpaired) electrons. The predicted octanol–water partition coefficient (Wildman–Crippen LogP) is 9.68. The lowest BCUT2D eigenvalue weighted by Crippen LogP contribution is -2.51. The molecular formula is C44H64ClN6O9P. The molecule has 15 nitrogen and oxygen atoms in total. The molecule has 3 aromatic heterocycles. The third-order valence-corrected chi connectivity index (χ3v) is 11.7. The van der Waals surface area contributed by atoms with Gasteiger partial charge in [0, 0.05) is 38.1 Å². The molecule has 0 amide bonds. The van der Waals surface area contributed by atoms with Crippen LogP contribution >= 0.6 is 19.4 Å². The van der Waals surface area contributed by atoms with Gasteiger partial charge in [-0.2, -0.15) is 10.4 Å². The number of fused-ring (bicyclic) bond motifs is 1. The van der Waals surface area contributed by atoms with Gasteiger partial charge in [0.15, 0.2) is 11.6 Å². The number of benzene rings is 1. The lowest BCUT2D eigenvalue weighted by atomic mass is 9.95. The number of nitrogens with two attached hydrogens (primary N) is 1. The molecule has 0 bridgehead atoms. The SMILES string of the molecule is CCCCCCCCCCCCCCOC[C@H](COP(=O)(OC[C@@](C)(OC)[C@H](Cc1ccc2c(N)ncnn12)OC(C)(C)O)Oc1ccccc1Cl)Oc1cc(C#N)ccn1. The monoisotopic (exact) mass is 886 g/mol. The molecule has 0 saturated carbocycles. The molecule has 0 saturated heterocycles. The van der Waals surface area contributed by atoms with Crippen LogP contribution in [-0.4, -0.2) is 81.8 Å². The Morgan fingerprint density at radius 1 is 0.934 bits per heavy atom. The smallest absolute Gasteiger partial charge is 0.469 e. The van der Waals surface area contributed by atoms with Crippen LogP contribution in [0.5, 0.6) is 11.6 Å². The Balaban J connectivity index is 1.46. The van der Waals surface area contributed by atoms with Crippen LogP contribution in [0.2, 0.25) is 5.02 Å². The van der Waals surface area contributed by atoms with Gasteiger partial charge in [-0.05, 0) is 57.5 Å². The number of anilines is 1. The number of aliphatic hydroxyl groups is 1. The maximum Gasteiger partial charge on any atom is 0.530 e.